The highest BCUT2D eigenvalue weighted by Gasteiger charge is 2.23. The number of aromatic nitrogens is 4. The average Bonchev–Trinajstić information content (AvgIpc) is 3.18. The maximum absolute atomic E-state index is 5.43. The topological polar surface area (TPSA) is 59.3 Å². The van der Waals surface area contributed by atoms with Gasteiger partial charge in [0.15, 0.2) is 0 Å². The molecule has 0 N–H and O–H groups in total. The van der Waals surface area contributed by atoms with E-state index in [1.807, 2.05) is 10.9 Å². The smallest absolute Gasteiger partial charge is 0.134 e. The lowest BCUT2D eigenvalue weighted by Gasteiger charge is -2.33. The number of nitrogens with zero attached hydrogens (tertiary/aromatic N) is 6. The molecule has 0 aromatic carbocycles. The Balaban J connectivity index is 1.40. The van der Waals surface area contributed by atoms with E-state index in [1.54, 1.807) is 6.33 Å². The molecule has 0 aliphatic carbocycles. The zero-order chi connectivity index (χ0) is 17.1. The summed E-state index contributed by atoms with van der Waals surface area (Å²) in [4.78, 5) is 13.6. The highest BCUT2D eigenvalue weighted by atomic mass is 16.5. The molecule has 0 unspecified atom stereocenters. The van der Waals surface area contributed by atoms with Crippen molar-refractivity contribution in [2.45, 2.75) is 32.2 Å². The maximum atomic E-state index is 5.43. The molecule has 2 aliphatic heterocycles. The van der Waals surface area contributed by atoms with Gasteiger partial charge >= 0.3 is 0 Å². The highest BCUT2D eigenvalue weighted by molar-refractivity contribution is 5.50. The zero-order valence-corrected chi connectivity index (χ0v) is 14.8. The van der Waals surface area contributed by atoms with Crippen molar-refractivity contribution >= 4 is 11.6 Å². The Labute approximate surface area is 148 Å². The largest absolute Gasteiger partial charge is 0.378 e. The fourth-order valence-corrected chi connectivity index (χ4v) is 3.68. The van der Waals surface area contributed by atoms with Crippen LogP contribution in [-0.4, -0.2) is 59.1 Å². The van der Waals surface area contributed by atoms with E-state index in [0.29, 0.717) is 5.92 Å². The van der Waals surface area contributed by atoms with Gasteiger partial charge in [-0.3, -0.25) is 4.68 Å². The van der Waals surface area contributed by atoms with Gasteiger partial charge < -0.3 is 14.5 Å². The van der Waals surface area contributed by atoms with Crippen LogP contribution in [-0.2, 0) is 11.3 Å². The van der Waals surface area contributed by atoms with Crippen molar-refractivity contribution in [1.29, 1.82) is 0 Å². The molecule has 2 fully saturated rings. The van der Waals surface area contributed by atoms with Crippen LogP contribution in [0.15, 0.2) is 24.8 Å². The summed E-state index contributed by atoms with van der Waals surface area (Å²) in [5.74, 6) is 2.66. The van der Waals surface area contributed by atoms with E-state index in [2.05, 4.69) is 44.1 Å². The van der Waals surface area contributed by atoms with Gasteiger partial charge in [-0.25, -0.2) is 9.97 Å². The Morgan fingerprint density at radius 2 is 1.72 bits per heavy atom. The zero-order valence-electron chi connectivity index (χ0n) is 14.8. The number of piperidine rings is 1. The van der Waals surface area contributed by atoms with Crippen LogP contribution in [0.1, 0.15) is 31.2 Å². The van der Waals surface area contributed by atoms with Crippen LogP contribution in [0, 0.1) is 0 Å². The normalized spacial score (nSPS) is 19.4. The molecule has 134 valence electrons. The van der Waals surface area contributed by atoms with Gasteiger partial charge in [0.25, 0.3) is 0 Å². The molecule has 4 rings (SSSR count). The van der Waals surface area contributed by atoms with Gasteiger partial charge in [-0.15, -0.1) is 0 Å². The molecular weight excluding hydrogens is 316 g/mol. The SMILES string of the molecule is CCn1cc(C2CCN(c3cc(N4CCOCC4)ncn3)CC2)cn1. The minimum Gasteiger partial charge on any atom is -0.378 e. The lowest BCUT2D eigenvalue weighted by Crippen LogP contribution is -2.37. The molecule has 0 saturated carbocycles. The van der Waals surface area contributed by atoms with Crippen LogP contribution in [0.25, 0.3) is 0 Å². The molecule has 2 aliphatic rings. The molecule has 0 radical (unpaired) electrons. The van der Waals surface area contributed by atoms with E-state index in [1.165, 1.54) is 5.56 Å². The van der Waals surface area contributed by atoms with Crippen molar-refractivity contribution in [1.82, 2.24) is 19.7 Å². The number of morpholine rings is 1. The first-order valence-electron chi connectivity index (χ1n) is 9.25. The third-order valence-corrected chi connectivity index (χ3v) is 5.24. The van der Waals surface area contributed by atoms with E-state index < -0.39 is 0 Å². The summed E-state index contributed by atoms with van der Waals surface area (Å²) in [6.45, 7) is 8.47. The predicted octanol–water partition coefficient (Wildman–Crippen LogP) is 1.91. The summed E-state index contributed by atoms with van der Waals surface area (Å²) in [5.41, 5.74) is 1.37. The van der Waals surface area contributed by atoms with Crippen LogP contribution < -0.4 is 9.80 Å². The summed E-state index contributed by atoms with van der Waals surface area (Å²) in [7, 11) is 0. The van der Waals surface area contributed by atoms with E-state index in [4.69, 9.17) is 4.74 Å². The first-order valence-corrected chi connectivity index (χ1v) is 9.25. The molecule has 4 heterocycles. The van der Waals surface area contributed by atoms with Crippen molar-refractivity contribution in [3.8, 4) is 0 Å². The second-order valence-electron chi connectivity index (χ2n) is 6.72. The molecule has 7 nitrogen and oxygen atoms in total. The lowest BCUT2D eigenvalue weighted by molar-refractivity contribution is 0.122. The lowest BCUT2D eigenvalue weighted by atomic mass is 9.91. The number of rotatable bonds is 4. The number of hydrogen-bond donors (Lipinski definition) is 0. The minimum atomic E-state index is 0.608. The Hall–Kier alpha value is -2.15. The van der Waals surface area contributed by atoms with Crippen LogP contribution in [0.3, 0.4) is 0 Å². The Bertz CT molecular complexity index is 688. The first-order chi connectivity index (χ1) is 12.3. The third-order valence-electron chi connectivity index (χ3n) is 5.24. The van der Waals surface area contributed by atoms with E-state index in [-0.39, 0.29) is 0 Å². The second-order valence-corrected chi connectivity index (χ2v) is 6.72. The van der Waals surface area contributed by atoms with Crippen molar-refractivity contribution < 1.29 is 4.74 Å². The van der Waals surface area contributed by atoms with E-state index >= 15 is 0 Å². The standard InChI is InChI=1S/C18H26N6O/c1-2-24-13-16(12-21-24)15-3-5-22(6-4-15)17-11-18(20-14-19-17)23-7-9-25-10-8-23/h11-15H,2-10H2,1H3. The van der Waals surface area contributed by atoms with E-state index in [9.17, 15) is 0 Å². The molecular formula is C18H26N6O. The quantitative estimate of drug-likeness (QED) is 0.846. The second kappa shape index (κ2) is 7.39. The minimum absolute atomic E-state index is 0.608. The van der Waals surface area contributed by atoms with Crippen molar-refractivity contribution in [2.75, 3.05) is 49.2 Å². The average molecular weight is 342 g/mol. The van der Waals surface area contributed by atoms with Gasteiger partial charge in [0.05, 0.1) is 19.4 Å². The fourth-order valence-electron chi connectivity index (χ4n) is 3.68. The molecule has 2 aromatic heterocycles. The van der Waals surface area contributed by atoms with Crippen molar-refractivity contribution in [3.63, 3.8) is 0 Å². The fraction of sp³-hybridized carbons (Fsp3) is 0.611. The monoisotopic (exact) mass is 342 g/mol. The highest BCUT2D eigenvalue weighted by Crippen LogP contribution is 2.30. The Morgan fingerprint density at radius 3 is 2.36 bits per heavy atom. The molecule has 0 bridgehead atoms. The molecule has 2 saturated heterocycles. The van der Waals surface area contributed by atoms with Crippen LogP contribution in [0.4, 0.5) is 11.6 Å². The van der Waals surface area contributed by atoms with Gasteiger partial charge in [-0.2, -0.15) is 5.10 Å². The number of aryl methyl sites for hydroxylation is 1. The molecule has 0 amide bonds. The summed E-state index contributed by atoms with van der Waals surface area (Å²) in [6.07, 6.45) is 8.21. The molecule has 0 atom stereocenters. The van der Waals surface area contributed by atoms with Gasteiger partial charge in [0, 0.05) is 45.0 Å². The van der Waals surface area contributed by atoms with Crippen molar-refractivity contribution in [3.05, 3.63) is 30.4 Å². The summed E-state index contributed by atoms with van der Waals surface area (Å²) in [5, 5.41) is 4.42. The molecule has 7 heteroatoms. The number of anilines is 2. The molecule has 0 spiro atoms. The van der Waals surface area contributed by atoms with Crippen LogP contribution in [0.2, 0.25) is 0 Å². The summed E-state index contributed by atoms with van der Waals surface area (Å²) < 4.78 is 7.44. The van der Waals surface area contributed by atoms with Gasteiger partial charge in [-0.05, 0) is 31.2 Å². The maximum Gasteiger partial charge on any atom is 0.134 e. The summed E-state index contributed by atoms with van der Waals surface area (Å²) in [6, 6.07) is 2.13. The Morgan fingerprint density at radius 1 is 1.04 bits per heavy atom. The van der Waals surface area contributed by atoms with Crippen LogP contribution >= 0.6 is 0 Å². The Kier molecular flexibility index (Phi) is 4.83. The van der Waals surface area contributed by atoms with E-state index in [0.717, 1.165) is 70.4 Å². The first kappa shape index (κ1) is 16.3. The van der Waals surface area contributed by atoms with Crippen molar-refractivity contribution in [2.24, 2.45) is 0 Å². The third kappa shape index (κ3) is 3.61. The number of hydrogen-bond acceptors (Lipinski definition) is 6. The molecule has 2 aromatic rings. The van der Waals surface area contributed by atoms with Gasteiger partial charge in [0.2, 0.25) is 0 Å². The predicted molar refractivity (Wildman–Crippen MR) is 97.2 cm³/mol. The molecule has 25 heavy (non-hydrogen) atoms. The number of ether oxygens (including phenoxy) is 1. The summed E-state index contributed by atoms with van der Waals surface area (Å²) >= 11 is 0. The van der Waals surface area contributed by atoms with Crippen LogP contribution in [0.5, 0.6) is 0 Å². The van der Waals surface area contributed by atoms with Gasteiger partial charge in [0.1, 0.15) is 18.0 Å². The van der Waals surface area contributed by atoms with Gasteiger partial charge in [-0.1, -0.05) is 0 Å².